The molecule has 1 aromatic heterocycles. The van der Waals surface area contributed by atoms with Gasteiger partial charge < -0.3 is 20.7 Å². The molecule has 0 aliphatic rings. The SMILES string of the molecule is Cn1c(CNCC(O)C(N)=O)nc2ccccc21. The highest BCUT2D eigenvalue weighted by Crippen LogP contribution is 2.13. The van der Waals surface area contributed by atoms with Crippen LogP contribution in [0.15, 0.2) is 24.3 Å². The highest BCUT2D eigenvalue weighted by atomic mass is 16.3. The van der Waals surface area contributed by atoms with Gasteiger partial charge in [0.05, 0.1) is 17.6 Å². The minimum atomic E-state index is -1.17. The predicted molar refractivity (Wildman–Crippen MR) is 67.6 cm³/mol. The molecule has 0 aliphatic carbocycles. The molecule has 0 saturated carbocycles. The summed E-state index contributed by atoms with van der Waals surface area (Å²) in [6, 6.07) is 7.82. The summed E-state index contributed by atoms with van der Waals surface area (Å²) in [5.41, 5.74) is 6.93. The predicted octanol–water partition coefficient (Wildman–Crippen LogP) is -0.491. The first kappa shape index (κ1) is 12.5. The van der Waals surface area contributed by atoms with E-state index in [9.17, 15) is 9.90 Å². The number of para-hydroxylation sites is 2. The van der Waals surface area contributed by atoms with Gasteiger partial charge >= 0.3 is 0 Å². The van der Waals surface area contributed by atoms with Crippen LogP contribution in [0.2, 0.25) is 0 Å². The Hall–Kier alpha value is -1.92. The van der Waals surface area contributed by atoms with Crippen molar-refractivity contribution in [1.82, 2.24) is 14.9 Å². The first-order chi connectivity index (χ1) is 8.59. The zero-order valence-corrected chi connectivity index (χ0v) is 10.1. The first-order valence-electron chi connectivity index (χ1n) is 5.68. The molecule has 2 rings (SSSR count). The highest BCUT2D eigenvalue weighted by molar-refractivity contribution is 5.78. The van der Waals surface area contributed by atoms with Crippen molar-refractivity contribution in [3.05, 3.63) is 30.1 Å². The largest absolute Gasteiger partial charge is 0.382 e. The van der Waals surface area contributed by atoms with E-state index in [0.717, 1.165) is 16.9 Å². The topological polar surface area (TPSA) is 93.2 Å². The summed E-state index contributed by atoms with van der Waals surface area (Å²) in [4.78, 5) is 15.1. The Bertz CT molecular complexity index is 564. The monoisotopic (exact) mass is 248 g/mol. The number of aliphatic hydroxyl groups is 1. The van der Waals surface area contributed by atoms with Gasteiger partial charge in [-0.15, -0.1) is 0 Å². The summed E-state index contributed by atoms with van der Waals surface area (Å²) in [6.07, 6.45) is -1.17. The van der Waals surface area contributed by atoms with Crippen molar-refractivity contribution in [3.63, 3.8) is 0 Å². The van der Waals surface area contributed by atoms with E-state index in [-0.39, 0.29) is 6.54 Å². The molecule has 0 saturated heterocycles. The Labute approximate surface area is 104 Å². The summed E-state index contributed by atoms with van der Waals surface area (Å²) >= 11 is 0. The number of hydrogen-bond donors (Lipinski definition) is 3. The van der Waals surface area contributed by atoms with Crippen molar-refractivity contribution in [2.75, 3.05) is 6.54 Å². The third-order valence-corrected chi connectivity index (χ3v) is 2.83. The number of nitrogens with zero attached hydrogens (tertiary/aromatic N) is 2. The number of imidazole rings is 1. The summed E-state index contributed by atoms with van der Waals surface area (Å²) < 4.78 is 1.97. The number of hydrogen-bond acceptors (Lipinski definition) is 4. The fourth-order valence-electron chi connectivity index (χ4n) is 1.77. The Morgan fingerprint density at radius 1 is 1.56 bits per heavy atom. The highest BCUT2D eigenvalue weighted by Gasteiger charge is 2.11. The number of aryl methyl sites for hydroxylation is 1. The van der Waals surface area contributed by atoms with Crippen molar-refractivity contribution >= 4 is 16.9 Å². The average molecular weight is 248 g/mol. The Kier molecular flexibility index (Phi) is 3.59. The molecule has 1 unspecified atom stereocenters. The van der Waals surface area contributed by atoms with Crippen LogP contribution in [0.5, 0.6) is 0 Å². The van der Waals surface area contributed by atoms with Crippen LogP contribution in [0, 0.1) is 0 Å². The molecule has 0 bridgehead atoms. The molecule has 0 spiro atoms. The van der Waals surface area contributed by atoms with Gasteiger partial charge in [0.15, 0.2) is 0 Å². The standard InChI is InChI=1S/C12H16N4O2/c1-16-9-5-3-2-4-8(9)15-11(16)7-14-6-10(17)12(13)18/h2-5,10,14,17H,6-7H2,1H3,(H2,13,18). The van der Waals surface area contributed by atoms with E-state index in [0.29, 0.717) is 6.54 Å². The normalized spacial score (nSPS) is 12.8. The molecule has 18 heavy (non-hydrogen) atoms. The molecule has 2 aromatic rings. The molecule has 0 radical (unpaired) electrons. The number of aromatic nitrogens is 2. The van der Waals surface area contributed by atoms with Gasteiger partial charge in [-0.05, 0) is 12.1 Å². The van der Waals surface area contributed by atoms with Crippen LogP contribution in [0.4, 0.5) is 0 Å². The lowest BCUT2D eigenvalue weighted by atomic mass is 10.3. The van der Waals surface area contributed by atoms with Crippen molar-refractivity contribution in [2.24, 2.45) is 12.8 Å². The Balaban J connectivity index is 2.04. The Morgan fingerprint density at radius 2 is 2.28 bits per heavy atom. The van der Waals surface area contributed by atoms with E-state index in [1.54, 1.807) is 0 Å². The maximum atomic E-state index is 10.7. The number of fused-ring (bicyclic) bond motifs is 1. The fraction of sp³-hybridized carbons (Fsp3) is 0.333. The summed E-state index contributed by atoms with van der Waals surface area (Å²) in [5.74, 6) is 0.111. The molecule has 1 heterocycles. The molecule has 0 aliphatic heterocycles. The van der Waals surface area contributed by atoms with Crippen molar-refractivity contribution in [3.8, 4) is 0 Å². The number of rotatable bonds is 5. The van der Waals surface area contributed by atoms with Crippen LogP contribution >= 0.6 is 0 Å². The molecule has 0 fully saturated rings. The molecule has 6 heteroatoms. The lowest BCUT2D eigenvalue weighted by molar-refractivity contribution is -0.125. The minimum absolute atomic E-state index is 0.124. The smallest absolute Gasteiger partial charge is 0.247 e. The number of amides is 1. The number of nitrogens with one attached hydrogen (secondary N) is 1. The average Bonchev–Trinajstić information content (AvgIpc) is 2.67. The zero-order chi connectivity index (χ0) is 13.1. The number of nitrogens with two attached hydrogens (primary N) is 1. The van der Waals surface area contributed by atoms with E-state index in [4.69, 9.17) is 5.73 Å². The maximum absolute atomic E-state index is 10.7. The lowest BCUT2D eigenvalue weighted by Crippen LogP contribution is -2.37. The van der Waals surface area contributed by atoms with Gasteiger partial charge in [0.1, 0.15) is 11.9 Å². The van der Waals surface area contributed by atoms with Crippen LogP contribution in [-0.4, -0.2) is 33.2 Å². The first-order valence-corrected chi connectivity index (χ1v) is 5.68. The number of benzene rings is 1. The molecule has 6 nitrogen and oxygen atoms in total. The van der Waals surface area contributed by atoms with E-state index in [2.05, 4.69) is 10.3 Å². The summed E-state index contributed by atoms with van der Waals surface area (Å²) in [5, 5.41) is 12.2. The zero-order valence-electron chi connectivity index (χ0n) is 10.1. The van der Waals surface area contributed by atoms with E-state index < -0.39 is 12.0 Å². The maximum Gasteiger partial charge on any atom is 0.247 e. The van der Waals surface area contributed by atoms with Crippen LogP contribution < -0.4 is 11.1 Å². The van der Waals surface area contributed by atoms with Gasteiger partial charge in [0.25, 0.3) is 0 Å². The number of carbonyl (C=O) groups is 1. The van der Waals surface area contributed by atoms with Gasteiger partial charge in [-0.2, -0.15) is 0 Å². The van der Waals surface area contributed by atoms with E-state index in [1.165, 1.54) is 0 Å². The molecule has 4 N–H and O–H groups in total. The third kappa shape index (κ3) is 2.49. The van der Waals surface area contributed by atoms with Crippen LogP contribution in [-0.2, 0) is 18.4 Å². The van der Waals surface area contributed by atoms with Crippen LogP contribution in [0.1, 0.15) is 5.82 Å². The molecule has 1 atom stereocenters. The van der Waals surface area contributed by atoms with Crippen molar-refractivity contribution in [2.45, 2.75) is 12.6 Å². The minimum Gasteiger partial charge on any atom is -0.382 e. The summed E-state index contributed by atoms with van der Waals surface area (Å²) in [6.45, 7) is 0.591. The molecule has 1 amide bonds. The fourth-order valence-corrected chi connectivity index (χ4v) is 1.77. The Morgan fingerprint density at radius 3 is 2.94 bits per heavy atom. The van der Waals surface area contributed by atoms with Gasteiger partial charge in [0, 0.05) is 13.6 Å². The second-order valence-corrected chi connectivity index (χ2v) is 4.12. The van der Waals surface area contributed by atoms with Gasteiger partial charge in [0.2, 0.25) is 5.91 Å². The van der Waals surface area contributed by atoms with Gasteiger partial charge in [-0.25, -0.2) is 4.98 Å². The van der Waals surface area contributed by atoms with E-state index in [1.807, 2.05) is 35.9 Å². The summed E-state index contributed by atoms with van der Waals surface area (Å²) in [7, 11) is 1.93. The number of carbonyl (C=O) groups excluding carboxylic acids is 1. The molecular formula is C12H16N4O2. The molecule has 96 valence electrons. The molecular weight excluding hydrogens is 232 g/mol. The van der Waals surface area contributed by atoms with Gasteiger partial charge in [-0.1, -0.05) is 12.1 Å². The third-order valence-electron chi connectivity index (χ3n) is 2.83. The quantitative estimate of drug-likeness (QED) is 0.665. The number of primary amides is 1. The second-order valence-electron chi connectivity index (χ2n) is 4.12. The van der Waals surface area contributed by atoms with Gasteiger partial charge in [-0.3, -0.25) is 4.79 Å². The van der Waals surface area contributed by atoms with Crippen molar-refractivity contribution < 1.29 is 9.90 Å². The van der Waals surface area contributed by atoms with Crippen LogP contribution in [0.3, 0.4) is 0 Å². The van der Waals surface area contributed by atoms with Crippen molar-refractivity contribution in [1.29, 1.82) is 0 Å². The molecule has 1 aromatic carbocycles. The van der Waals surface area contributed by atoms with E-state index >= 15 is 0 Å². The lowest BCUT2D eigenvalue weighted by Gasteiger charge is -2.08. The second kappa shape index (κ2) is 5.16. The number of aliphatic hydroxyl groups excluding tert-OH is 1. The van der Waals surface area contributed by atoms with Crippen LogP contribution in [0.25, 0.3) is 11.0 Å².